The molecule has 7 nitrogen and oxygen atoms in total. The molecule has 0 atom stereocenters. The van der Waals surface area contributed by atoms with Gasteiger partial charge in [-0.3, -0.25) is 9.20 Å². The molecule has 4 rings (SSSR count). The van der Waals surface area contributed by atoms with E-state index in [1.54, 1.807) is 30.6 Å². The van der Waals surface area contributed by atoms with Gasteiger partial charge in [0.1, 0.15) is 17.3 Å². The smallest absolute Gasteiger partial charge is 0.259 e. The van der Waals surface area contributed by atoms with E-state index in [2.05, 4.69) is 25.8 Å². The van der Waals surface area contributed by atoms with Crippen molar-refractivity contribution in [3.05, 3.63) is 64.7 Å². The van der Waals surface area contributed by atoms with E-state index in [-0.39, 0.29) is 5.56 Å². The Kier molecular flexibility index (Phi) is 3.78. The van der Waals surface area contributed by atoms with Crippen LogP contribution in [0.3, 0.4) is 0 Å². The molecule has 0 amide bonds. The van der Waals surface area contributed by atoms with Gasteiger partial charge in [0.05, 0.1) is 11.6 Å². The van der Waals surface area contributed by atoms with E-state index in [0.717, 1.165) is 32.0 Å². The number of nitrogens with zero attached hydrogens (tertiary/aromatic N) is 6. The summed E-state index contributed by atoms with van der Waals surface area (Å²) in [6, 6.07) is 12.7. The minimum absolute atomic E-state index is 0.0774. The highest BCUT2D eigenvalue weighted by Gasteiger charge is 2.20. The van der Waals surface area contributed by atoms with Gasteiger partial charge in [-0.2, -0.15) is 5.26 Å². The fourth-order valence-electron chi connectivity index (χ4n) is 3.03. The molecule has 1 saturated heterocycles. The van der Waals surface area contributed by atoms with E-state index in [1.165, 1.54) is 4.40 Å². The first-order chi connectivity index (χ1) is 12.2. The fourth-order valence-corrected chi connectivity index (χ4v) is 3.03. The molecule has 0 radical (unpaired) electrons. The second kappa shape index (κ2) is 6.24. The third-order valence-corrected chi connectivity index (χ3v) is 4.36. The zero-order chi connectivity index (χ0) is 17.2. The first-order valence-corrected chi connectivity index (χ1v) is 8.09. The summed E-state index contributed by atoms with van der Waals surface area (Å²) in [5, 5.41) is 9.02. The first kappa shape index (κ1) is 15.1. The van der Waals surface area contributed by atoms with Crippen LogP contribution in [0.1, 0.15) is 5.56 Å². The predicted octanol–water partition coefficient (Wildman–Crippen LogP) is 1.29. The molecule has 0 aliphatic carbocycles. The molecule has 0 saturated carbocycles. The number of rotatable bonds is 2. The Hall–Kier alpha value is -3.40. The van der Waals surface area contributed by atoms with E-state index in [4.69, 9.17) is 5.26 Å². The van der Waals surface area contributed by atoms with Crippen LogP contribution in [0.5, 0.6) is 0 Å². The summed E-state index contributed by atoms with van der Waals surface area (Å²) in [7, 11) is 0. The molecule has 1 aliphatic rings. The molecule has 3 aromatic rings. The summed E-state index contributed by atoms with van der Waals surface area (Å²) in [4.78, 5) is 25.4. The highest BCUT2D eigenvalue weighted by molar-refractivity contribution is 5.51. The van der Waals surface area contributed by atoms with Crippen LogP contribution in [0.4, 0.5) is 11.6 Å². The van der Waals surface area contributed by atoms with Crippen LogP contribution in [0, 0.1) is 11.3 Å². The normalized spacial score (nSPS) is 14.5. The maximum atomic E-state index is 12.2. The minimum Gasteiger partial charge on any atom is -0.353 e. The summed E-state index contributed by atoms with van der Waals surface area (Å²) < 4.78 is 1.54. The summed E-state index contributed by atoms with van der Waals surface area (Å²) in [6.45, 7) is 3.01. The van der Waals surface area contributed by atoms with Crippen LogP contribution in [-0.4, -0.2) is 40.5 Å². The Morgan fingerprint density at radius 3 is 2.52 bits per heavy atom. The maximum absolute atomic E-state index is 12.2. The van der Waals surface area contributed by atoms with Crippen molar-refractivity contribution in [2.75, 3.05) is 36.0 Å². The van der Waals surface area contributed by atoms with E-state index >= 15 is 0 Å². The molecule has 7 heteroatoms. The molecule has 1 fully saturated rings. The molecule has 0 unspecified atom stereocenters. The lowest BCUT2D eigenvalue weighted by molar-refractivity contribution is 0.641. The van der Waals surface area contributed by atoms with Crippen molar-refractivity contribution in [2.45, 2.75) is 0 Å². The lowest BCUT2D eigenvalue weighted by Gasteiger charge is -2.36. The second-order valence-corrected chi connectivity index (χ2v) is 5.87. The van der Waals surface area contributed by atoms with Crippen molar-refractivity contribution in [3.8, 4) is 6.07 Å². The SMILES string of the molecule is N#Cc1ccnc(N2CCN(c3cc(=O)n4ccccc4n3)CC2)c1. The summed E-state index contributed by atoms with van der Waals surface area (Å²) in [6.07, 6.45) is 3.38. The van der Waals surface area contributed by atoms with Gasteiger partial charge < -0.3 is 9.80 Å². The van der Waals surface area contributed by atoms with Crippen LogP contribution < -0.4 is 15.4 Å². The van der Waals surface area contributed by atoms with E-state index in [1.807, 2.05) is 18.2 Å². The Bertz CT molecular complexity index is 1010. The molecule has 4 heterocycles. The Morgan fingerprint density at radius 2 is 1.76 bits per heavy atom. The molecule has 0 spiro atoms. The maximum Gasteiger partial charge on any atom is 0.259 e. The lowest BCUT2D eigenvalue weighted by atomic mass is 10.2. The summed E-state index contributed by atoms with van der Waals surface area (Å²) in [5.41, 5.74) is 1.18. The van der Waals surface area contributed by atoms with Gasteiger partial charge in [-0.15, -0.1) is 0 Å². The van der Waals surface area contributed by atoms with Crippen molar-refractivity contribution < 1.29 is 0 Å². The monoisotopic (exact) mass is 332 g/mol. The number of piperazine rings is 1. The Balaban J connectivity index is 1.54. The Labute approximate surface area is 144 Å². The van der Waals surface area contributed by atoms with Gasteiger partial charge in [0.2, 0.25) is 0 Å². The predicted molar refractivity (Wildman–Crippen MR) is 94.8 cm³/mol. The largest absolute Gasteiger partial charge is 0.353 e. The van der Waals surface area contributed by atoms with Crippen LogP contribution in [-0.2, 0) is 0 Å². The molecular weight excluding hydrogens is 316 g/mol. The van der Waals surface area contributed by atoms with Crippen molar-refractivity contribution >= 4 is 17.3 Å². The number of hydrogen-bond acceptors (Lipinski definition) is 6. The third-order valence-electron chi connectivity index (χ3n) is 4.36. The molecule has 1 aliphatic heterocycles. The summed E-state index contributed by atoms with van der Waals surface area (Å²) in [5.74, 6) is 1.51. The van der Waals surface area contributed by atoms with Crippen molar-refractivity contribution in [1.82, 2.24) is 14.4 Å². The van der Waals surface area contributed by atoms with Crippen LogP contribution in [0.25, 0.3) is 5.65 Å². The number of aromatic nitrogens is 3. The minimum atomic E-state index is -0.0774. The lowest BCUT2D eigenvalue weighted by Crippen LogP contribution is -2.47. The standard InChI is InChI=1S/C18H16N6O/c19-13-14-4-5-20-16(11-14)22-7-9-23(10-8-22)17-12-18(25)24-6-2-1-3-15(24)21-17/h1-6,11-12H,7-10H2. The fraction of sp³-hybridized carbons (Fsp3) is 0.222. The summed E-state index contributed by atoms with van der Waals surface area (Å²) >= 11 is 0. The topological polar surface area (TPSA) is 77.5 Å². The van der Waals surface area contributed by atoms with Crippen LogP contribution in [0.15, 0.2) is 53.6 Å². The van der Waals surface area contributed by atoms with Crippen LogP contribution >= 0.6 is 0 Å². The van der Waals surface area contributed by atoms with Gasteiger partial charge in [0.15, 0.2) is 0 Å². The zero-order valence-electron chi connectivity index (χ0n) is 13.5. The number of nitriles is 1. The molecule has 124 valence electrons. The van der Waals surface area contributed by atoms with Gasteiger partial charge in [0, 0.05) is 44.6 Å². The number of anilines is 2. The molecule has 0 bridgehead atoms. The van der Waals surface area contributed by atoms with Crippen LogP contribution in [0.2, 0.25) is 0 Å². The number of hydrogen-bond donors (Lipinski definition) is 0. The van der Waals surface area contributed by atoms with Crippen molar-refractivity contribution in [1.29, 1.82) is 5.26 Å². The van der Waals surface area contributed by atoms with Crippen molar-refractivity contribution in [3.63, 3.8) is 0 Å². The quantitative estimate of drug-likeness (QED) is 0.704. The number of fused-ring (bicyclic) bond motifs is 1. The molecular formula is C18H16N6O. The highest BCUT2D eigenvalue weighted by Crippen LogP contribution is 2.18. The molecule has 25 heavy (non-hydrogen) atoms. The molecule has 0 aromatic carbocycles. The molecule has 3 aromatic heterocycles. The second-order valence-electron chi connectivity index (χ2n) is 5.87. The van der Waals surface area contributed by atoms with E-state index in [0.29, 0.717) is 17.0 Å². The van der Waals surface area contributed by atoms with Gasteiger partial charge in [-0.25, -0.2) is 9.97 Å². The van der Waals surface area contributed by atoms with E-state index < -0.39 is 0 Å². The highest BCUT2D eigenvalue weighted by atomic mass is 16.1. The Morgan fingerprint density at radius 1 is 1.00 bits per heavy atom. The number of pyridine rings is 2. The van der Waals surface area contributed by atoms with Crippen molar-refractivity contribution in [2.24, 2.45) is 0 Å². The van der Waals surface area contributed by atoms with Gasteiger partial charge in [-0.1, -0.05) is 6.07 Å². The van der Waals surface area contributed by atoms with Gasteiger partial charge in [-0.05, 0) is 24.3 Å². The molecule has 0 N–H and O–H groups in total. The average Bonchev–Trinajstić information content (AvgIpc) is 2.68. The van der Waals surface area contributed by atoms with E-state index in [9.17, 15) is 4.79 Å². The zero-order valence-corrected chi connectivity index (χ0v) is 13.5. The first-order valence-electron chi connectivity index (χ1n) is 8.09. The average molecular weight is 332 g/mol. The van der Waals surface area contributed by atoms with Gasteiger partial charge >= 0.3 is 0 Å². The van der Waals surface area contributed by atoms with Gasteiger partial charge in [0.25, 0.3) is 5.56 Å². The third kappa shape index (κ3) is 2.90.